The smallest absolute Gasteiger partial charge is 0.243 e. The standard InChI is InChI=1S/C12H15NO2/c1-2-12(15)13-9-8-11(14)10-6-4-3-5-7-10/h2-7,11,14H,1,8-9H2,(H,13,15)/t11-/m1/s1. The maximum atomic E-state index is 10.8. The molecule has 3 nitrogen and oxygen atoms in total. The normalized spacial score (nSPS) is 11.8. The Bertz CT molecular complexity index is 322. The third-order valence-electron chi connectivity index (χ3n) is 2.09. The first-order valence-electron chi connectivity index (χ1n) is 4.87. The van der Waals surface area contributed by atoms with Crippen LogP contribution in [0.3, 0.4) is 0 Å². The van der Waals surface area contributed by atoms with Crippen LogP contribution in [-0.2, 0) is 4.79 Å². The van der Waals surface area contributed by atoms with Crippen LogP contribution in [0.4, 0.5) is 0 Å². The van der Waals surface area contributed by atoms with E-state index in [0.29, 0.717) is 13.0 Å². The molecule has 1 rings (SSSR count). The number of carbonyl (C=O) groups excluding carboxylic acids is 1. The van der Waals surface area contributed by atoms with Crippen LogP contribution in [0.25, 0.3) is 0 Å². The molecule has 2 N–H and O–H groups in total. The minimum Gasteiger partial charge on any atom is -0.388 e. The van der Waals surface area contributed by atoms with Gasteiger partial charge in [-0.3, -0.25) is 4.79 Å². The number of amides is 1. The van der Waals surface area contributed by atoms with Gasteiger partial charge in [-0.1, -0.05) is 36.9 Å². The maximum Gasteiger partial charge on any atom is 0.243 e. The number of hydrogen-bond acceptors (Lipinski definition) is 2. The molecule has 0 fully saturated rings. The van der Waals surface area contributed by atoms with E-state index in [-0.39, 0.29) is 5.91 Å². The molecule has 0 saturated carbocycles. The topological polar surface area (TPSA) is 49.3 Å². The van der Waals surface area contributed by atoms with Crippen LogP contribution >= 0.6 is 0 Å². The van der Waals surface area contributed by atoms with E-state index in [1.165, 1.54) is 6.08 Å². The molecule has 0 aliphatic rings. The molecule has 1 amide bonds. The molecule has 0 saturated heterocycles. The predicted octanol–water partition coefficient (Wildman–Crippen LogP) is 1.41. The average Bonchev–Trinajstić information content (AvgIpc) is 2.29. The molecular formula is C12H15NO2. The van der Waals surface area contributed by atoms with E-state index in [9.17, 15) is 9.90 Å². The second kappa shape index (κ2) is 5.98. The van der Waals surface area contributed by atoms with Crippen molar-refractivity contribution in [2.75, 3.05) is 6.54 Å². The van der Waals surface area contributed by atoms with Gasteiger partial charge >= 0.3 is 0 Å². The first kappa shape index (κ1) is 11.5. The van der Waals surface area contributed by atoms with Gasteiger partial charge < -0.3 is 10.4 Å². The molecule has 0 heterocycles. The highest BCUT2D eigenvalue weighted by Gasteiger charge is 2.06. The Balaban J connectivity index is 2.34. The van der Waals surface area contributed by atoms with Crippen molar-refractivity contribution in [3.63, 3.8) is 0 Å². The lowest BCUT2D eigenvalue weighted by Gasteiger charge is -2.10. The average molecular weight is 205 g/mol. The number of hydrogen-bond donors (Lipinski definition) is 2. The second-order valence-corrected chi connectivity index (χ2v) is 3.21. The lowest BCUT2D eigenvalue weighted by atomic mass is 10.1. The van der Waals surface area contributed by atoms with E-state index >= 15 is 0 Å². The quantitative estimate of drug-likeness (QED) is 0.714. The first-order chi connectivity index (χ1) is 7.24. The summed E-state index contributed by atoms with van der Waals surface area (Å²) in [7, 11) is 0. The summed E-state index contributed by atoms with van der Waals surface area (Å²) in [5, 5.41) is 12.3. The summed E-state index contributed by atoms with van der Waals surface area (Å²) in [6.45, 7) is 3.79. The van der Waals surface area contributed by atoms with Gasteiger partial charge in [-0.15, -0.1) is 0 Å². The number of nitrogens with one attached hydrogen (secondary N) is 1. The predicted molar refractivity (Wildman–Crippen MR) is 59.2 cm³/mol. The van der Waals surface area contributed by atoms with Crippen LogP contribution in [-0.4, -0.2) is 17.6 Å². The van der Waals surface area contributed by atoms with Gasteiger partial charge in [0.25, 0.3) is 0 Å². The Kier molecular flexibility index (Phi) is 4.57. The number of aliphatic hydroxyl groups excluding tert-OH is 1. The third-order valence-corrected chi connectivity index (χ3v) is 2.09. The molecule has 0 radical (unpaired) electrons. The number of aliphatic hydroxyl groups is 1. The maximum absolute atomic E-state index is 10.8. The van der Waals surface area contributed by atoms with Gasteiger partial charge in [-0.05, 0) is 18.1 Å². The summed E-state index contributed by atoms with van der Waals surface area (Å²) in [5.74, 6) is -0.213. The zero-order chi connectivity index (χ0) is 11.1. The van der Waals surface area contributed by atoms with Crippen molar-refractivity contribution in [1.82, 2.24) is 5.32 Å². The molecule has 80 valence electrons. The zero-order valence-corrected chi connectivity index (χ0v) is 8.52. The molecule has 1 aromatic rings. The van der Waals surface area contributed by atoms with Crippen molar-refractivity contribution in [2.45, 2.75) is 12.5 Å². The van der Waals surface area contributed by atoms with Crippen LogP contribution in [0.2, 0.25) is 0 Å². The van der Waals surface area contributed by atoms with E-state index in [4.69, 9.17) is 0 Å². The highest BCUT2D eigenvalue weighted by molar-refractivity contribution is 5.86. The fourth-order valence-corrected chi connectivity index (χ4v) is 1.25. The van der Waals surface area contributed by atoms with E-state index in [2.05, 4.69) is 11.9 Å². The van der Waals surface area contributed by atoms with Crippen molar-refractivity contribution in [1.29, 1.82) is 0 Å². The van der Waals surface area contributed by atoms with Crippen molar-refractivity contribution in [2.24, 2.45) is 0 Å². The summed E-state index contributed by atoms with van der Waals surface area (Å²) in [6, 6.07) is 9.37. The van der Waals surface area contributed by atoms with Gasteiger partial charge in [0.2, 0.25) is 5.91 Å². The van der Waals surface area contributed by atoms with Crippen molar-refractivity contribution >= 4 is 5.91 Å². The van der Waals surface area contributed by atoms with Crippen LogP contribution in [0.5, 0.6) is 0 Å². The van der Waals surface area contributed by atoms with Crippen molar-refractivity contribution in [3.8, 4) is 0 Å². The minimum absolute atomic E-state index is 0.213. The molecule has 0 aliphatic carbocycles. The van der Waals surface area contributed by atoms with E-state index < -0.39 is 6.10 Å². The van der Waals surface area contributed by atoms with Crippen molar-refractivity contribution in [3.05, 3.63) is 48.6 Å². The summed E-state index contributed by atoms with van der Waals surface area (Å²) in [4.78, 5) is 10.8. The molecule has 0 bridgehead atoms. The fraction of sp³-hybridized carbons (Fsp3) is 0.250. The Morgan fingerprint density at radius 1 is 1.47 bits per heavy atom. The van der Waals surface area contributed by atoms with E-state index in [1.54, 1.807) is 0 Å². The Hall–Kier alpha value is -1.61. The number of carbonyl (C=O) groups is 1. The fourth-order valence-electron chi connectivity index (χ4n) is 1.25. The lowest BCUT2D eigenvalue weighted by Crippen LogP contribution is -2.23. The van der Waals surface area contributed by atoms with Crippen LogP contribution < -0.4 is 5.32 Å². The third kappa shape index (κ3) is 3.95. The highest BCUT2D eigenvalue weighted by Crippen LogP contribution is 2.14. The summed E-state index contributed by atoms with van der Waals surface area (Å²) in [6.07, 6.45) is 1.19. The monoisotopic (exact) mass is 205 g/mol. The van der Waals surface area contributed by atoms with Crippen LogP contribution in [0, 0.1) is 0 Å². The molecule has 1 atom stereocenters. The van der Waals surface area contributed by atoms with Gasteiger partial charge in [0.15, 0.2) is 0 Å². The van der Waals surface area contributed by atoms with Gasteiger partial charge in [-0.25, -0.2) is 0 Å². The molecule has 1 aromatic carbocycles. The van der Waals surface area contributed by atoms with Gasteiger partial charge in [0.1, 0.15) is 0 Å². The largest absolute Gasteiger partial charge is 0.388 e. The zero-order valence-electron chi connectivity index (χ0n) is 8.52. The second-order valence-electron chi connectivity index (χ2n) is 3.21. The van der Waals surface area contributed by atoms with Gasteiger partial charge in [-0.2, -0.15) is 0 Å². The minimum atomic E-state index is -0.531. The highest BCUT2D eigenvalue weighted by atomic mass is 16.3. The first-order valence-corrected chi connectivity index (χ1v) is 4.87. The molecular weight excluding hydrogens is 190 g/mol. The van der Waals surface area contributed by atoms with Crippen LogP contribution in [0.1, 0.15) is 18.1 Å². The van der Waals surface area contributed by atoms with Gasteiger partial charge in [0.05, 0.1) is 6.10 Å². The number of benzene rings is 1. The van der Waals surface area contributed by atoms with E-state index in [1.807, 2.05) is 30.3 Å². The molecule has 0 aliphatic heterocycles. The molecule has 0 aromatic heterocycles. The summed E-state index contributed by atoms with van der Waals surface area (Å²) in [5.41, 5.74) is 0.866. The molecule has 15 heavy (non-hydrogen) atoms. The SMILES string of the molecule is C=CC(=O)NCC[C@@H](O)c1ccccc1. The Morgan fingerprint density at radius 2 is 2.13 bits per heavy atom. The molecule has 3 heteroatoms. The summed E-state index contributed by atoms with van der Waals surface area (Å²) >= 11 is 0. The lowest BCUT2D eigenvalue weighted by molar-refractivity contribution is -0.116. The summed E-state index contributed by atoms with van der Waals surface area (Å²) < 4.78 is 0. The van der Waals surface area contributed by atoms with Crippen LogP contribution in [0.15, 0.2) is 43.0 Å². The molecule has 0 spiro atoms. The van der Waals surface area contributed by atoms with Gasteiger partial charge in [0, 0.05) is 6.54 Å². The number of rotatable bonds is 5. The Labute approximate surface area is 89.4 Å². The van der Waals surface area contributed by atoms with Crippen molar-refractivity contribution < 1.29 is 9.90 Å². The molecule has 0 unspecified atom stereocenters. The van der Waals surface area contributed by atoms with E-state index in [0.717, 1.165) is 5.56 Å². The Morgan fingerprint density at radius 3 is 2.73 bits per heavy atom.